The van der Waals surface area contributed by atoms with Gasteiger partial charge < -0.3 is 35.0 Å². The lowest BCUT2D eigenvalue weighted by Crippen LogP contribution is -2.59. The Morgan fingerprint density at radius 2 is 1.53 bits per heavy atom. The summed E-state index contributed by atoms with van der Waals surface area (Å²) in [5, 5.41) is 15.6. The van der Waals surface area contributed by atoms with Crippen LogP contribution in [-0.4, -0.2) is 134 Å². The molecule has 13 heteroatoms. The third-order valence-electron chi connectivity index (χ3n) is 10.8. The number of methoxy groups -OCH3 is 2. The Kier molecular flexibility index (Phi) is 18.4. The third-order valence-corrected chi connectivity index (χ3v) is 10.8. The molecular weight excluding hydrogens is 678 g/mol. The molecule has 1 aromatic carbocycles. The van der Waals surface area contributed by atoms with Gasteiger partial charge in [-0.2, -0.15) is 0 Å². The second-order valence-corrected chi connectivity index (χ2v) is 15.6. The van der Waals surface area contributed by atoms with Crippen LogP contribution in [0.3, 0.4) is 0 Å². The average Bonchev–Trinajstić information content (AvgIpc) is 3.59. The topological polar surface area (TPSA) is 158 Å². The molecule has 0 radical (unpaired) electrons. The summed E-state index contributed by atoms with van der Waals surface area (Å²) >= 11 is 0. The van der Waals surface area contributed by atoms with E-state index in [4.69, 9.17) is 9.47 Å². The Morgan fingerprint density at radius 3 is 2.02 bits per heavy atom. The van der Waals surface area contributed by atoms with Crippen molar-refractivity contribution in [3.05, 3.63) is 35.9 Å². The zero-order valence-electron chi connectivity index (χ0n) is 34.1. The number of carboxylic acids is 1. The molecule has 3 N–H and O–H groups in total. The van der Waals surface area contributed by atoms with Gasteiger partial charge in [0.05, 0.1) is 42.7 Å². The first kappa shape index (κ1) is 45.6. The summed E-state index contributed by atoms with van der Waals surface area (Å²) < 4.78 is 11.9. The molecule has 1 heterocycles. The maximum Gasteiger partial charge on any atom is 0.326 e. The van der Waals surface area contributed by atoms with E-state index in [-0.39, 0.29) is 48.3 Å². The van der Waals surface area contributed by atoms with Crippen LogP contribution >= 0.6 is 0 Å². The smallest absolute Gasteiger partial charge is 0.326 e. The fourth-order valence-corrected chi connectivity index (χ4v) is 7.76. The minimum Gasteiger partial charge on any atom is -0.480 e. The lowest BCUT2D eigenvalue weighted by molar-refractivity contribution is -0.148. The Bertz CT molecular complexity index is 1330. The molecule has 1 aromatic rings. The summed E-state index contributed by atoms with van der Waals surface area (Å²) in [5.74, 6) is -3.21. The zero-order valence-corrected chi connectivity index (χ0v) is 34.1. The molecule has 1 fully saturated rings. The number of hydrogen-bond acceptors (Lipinski definition) is 8. The molecule has 13 nitrogen and oxygen atoms in total. The first-order valence-corrected chi connectivity index (χ1v) is 19.1. The fourth-order valence-electron chi connectivity index (χ4n) is 7.76. The summed E-state index contributed by atoms with van der Waals surface area (Å²) in [6.07, 6.45) is 0.820. The van der Waals surface area contributed by atoms with E-state index in [1.54, 1.807) is 23.8 Å². The minimum absolute atomic E-state index is 0.0104. The van der Waals surface area contributed by atoms with Crippen LogP contribution in [0.2, 0.25) is 0 Å². The highest BCUT2D eigenvalue weighted by Crippen LogP contribution is 2.30. The molecule has 2 rings (SSSR count). The van der Waals surface area contributed by atoms with Gasteiger partial charge in [0.15, 0.2) is 0 Å². The number of nitrogens with zero attached hydrogens (tertiary/aromatic N) is 3. The maximum atomic E-state index is 14.2. The summed E-state index contributed by atoms with van der Waals surface area (Å²) in [6.45, 7) is 13.9. The highest BCUT2D eigenvalue weighted by atomic mass is 16.5. The van der Waals surface area contributed by atoms with Crippen LogP contribution in [0, 0.1) is 23.7 Å². The molecule has 1 saturated heterocycles. The van der Waals surface area contributed by atoms with Crippen molar-refractivity contribution in [3.8, 4) is 0 Å². The molecular formula is C40H67N5O8. The summed E-state index contributed by atoms with van der Waals surface area (Å²) in [7, 11) is 8.44. The average molecular weight is 746 g/mol. The second-order valence-electron chi connectivity index (χ2n) is 15.6. The van der Waals surface area contributed by atoms with Crippen molar-refractivity contribution in [2.45, 2.75) is 123 Å². The van der Waals surface area contributed by atoms with Crippen molar-refractivity contribution < 1.29 is 38.6 Å². The van der Waals surface area contributed by atoms with Gasteiger partial charge >= 0.3 is 5.97 Å². The lowest BCUT2D eigenvalue weighted by atomic mass is 9.89. The molecule has 1 aliphatic heterocycles. The number of nitrogens with one attached hydrogen (secondary N) is 2. The van der Waals surface area contributed by atoms with Gasteiger partial charge in [0.1, 0.15) is 12.1 Å². The van der Waals surface area contributed by atoms with E-state index in [2.05, 4.69) is 10.6 Å². The molecule has 1 aliphatic rings. The molecule has 0 saturated carbocycles. The van der Waals surface area contributed by atoms with Crippen molar-refractivity contribution in [1.29, 1.82) is 0 Å². The molecule has 0 bridgehead atoms. The van der Waals surface area contributed by atoms with Crippen LogP contribution in [0.25, 0.3) is 0 Å². The molecule has 53 heavy (non-hydrogen) atoms. The van der Waals surface area contributed by atoms with Gasteiger partial charge in [-0.1, -0.05) is 85.2 Å². The molecule has 300 valence electrons. The van der Waals surface area contributed by atoms with Crippen LogP contribution < -0.4 is 10.6 Å². The summed E-state index contributed by atoms with van der Waals surface area (Å²) in [6, 6.07) is 5.89. The van der Waals surface area contributed by atoms with Crippen LogP contribution in [0.1, 0.15) is 79.7 Å². The number of carboxylic acid groups (broad SMARTS) is 1. The standard InChI is InChI=1S/C40H67N5O8/c1-13-26(6)35(44(10)39(49)33(24(2)3)42-38(48)34(25(4)5)43(8)9)31(52-11)23-32(46)45-21-17-20-30(45)36(53-12)27(7)37(47)41-29(40(50)51)22-28-18-15-14-16-19-28/h14-16,18-19,24-27,29-31,33-36H,13,17,20-23H2,1-12H3,(H,41,47)(H,42,48)(H,50,51)/t26?,27-,29?,30+,31-,33+,34+,35+,36-/m1/s1. The molecule has 0 aromatic heterocycles. The Labute approximate surface area is 317 Å². The van der Waals surface area contributed by atoms with Crippen molar-refractivity contribution in [2.75, 3.05) is 41.9 Å². The van der Waals surface area contributed by atoms with E-state index in [0.29, 0.717) is 19.4 Å². The van der Waals surface area contributed by atoms with E-state index >= 15 is 0 Å². The Hall–Kier alpha value is -3.55. The number of aliphatic carboxylic acids is 1. The van der Waals surface area contributed by atoms with Crippen molar-refractivity contribution in [1.82, 2.24) is 25.3 Å². The highest BCUT2D eigenvalue weighted by molar-refractivity contribution is 5.90. The van der Waals surface area contributed by atoms with E-state index in [0.717, 1.165) is 12.0 Å². The maximum absolute atomic E-state index is 14.2. The molecule has 9 atom stereocenters. The number of rotatable bonds is 21. The van der Waals surface area contributed by atoms with Gasteiger partial charge in [0.25, 0.3) is 0 Å². The second kappa shape index (κ2) is 21.4. The molecule has 0 aliphatic carbocycles. The molecule has 2 unspecified atom stereocenters. The number of likely N-dealkylation sites (tertiary alicyclic amines) is 1. The number of likely N-dealkylation sites (N-methyl/N-ethyl adjacent to an activating group) is 2. The number of ether oxygens (including phenoxy) is 2. The number of hydrogen-bond donors (Lipinski definition) is 3. The van der Waals surface area contributed by atoms with Gasteiger partial charge in [-0.05, 0) is 50.3 Å². The number of carbonyl (C=O) groups is 5. The van der Waals surface area contributed by atoms with Crippen LogP contribution in [-0.2, 0) is 39.9 Å². The van der Waals surface area contributed by atoms with Crippen LogP contribution in [0.4, 0.5) is 0 Å². The quantitative estimate of drug-likeness (QED) is 0.172. The first-order valence-electron chi connectivity index (χ1n) is 19.1. The van der Waals surface area contributed by atoms with Crippen molar-refractivity contribution in [2.24, 2.45) is 23.7 Å². The third kappa shape index (κ3) is 12.2. The molecule has 4 amide bonds. The predicted molar refractivity (Wildman–Crippen MR) is 205 cm³/mol. The van der Waals surface area contributed by atoms with Gasteiger partial charge in [0.2, 0.25) is 23.6 Å². The fraction of sp³-hybridized carbons (Fsp3) is 0.725. The van der Waals surface area contributed by atoms with E-state index < -0.39 is 60.2 Å². The zero-order chi connectivity index (χ0) is 40.2. The predicted octanol–water partition coefficient (Wildman–Crippen LogP) is 3.45. The van der Waals surface area contributed by atoms with Crippen molar-refractivity contribution in [3.63, 3.8) is 0 Å². The van der Waals surface area contributed by atoms with Crippen molar-refractivity contribution >= 4 is 29.6 Å². The van der Waals surface area contributed by atoms with Crippen LogP contribution in [0.15, 0.2) is 30.3 Å². The van der Waals surface area contributed by atoms with E-state index in [1.807, 2.05) is 90.9 Å². The largest absolute Gasteiger partial charge is 0.480 e. The number of amides is 4. The normalized spacial score (nSPS) is 19.2. The van der Waals surface area contributed by atoms with Gasteiger partial charge in [-0.15, -0.1) is 0 Å². The van der Waals surface area contributed by atoms with Gasteiger partial charge in [-0.3, -0.25) is 24.1 Å². The number of benzene rings is 1. The monoisotopic (exact) mass is 745 g/mol. The summed E-state index contributed by atoms with van der Waals surface area (Å²) in [5.41, 5.74) is 0.785. The minimum atomic E-state index is -1.14. The lowest BCUT2D eigenvalue weighted by Gasteiger charge is -2.41. The van der Waals surface area contributed by atoms with Gasteiger partial charge in [-0.25, -0.2) is 4.79 Å². The van der Waals surface area contributed by atoms with Crippen LogP contribution in [0.5, 0.6) is 0 Å². The Morgan fingerprint density at radius 1 is 0.906 bits per heavy atom. The summed E-state index contributed by atoms with van der Waals surface area (Å²) in [4.78, 5) is 72.5. The van der Waals surface area contributed by atoms with E-state index in [9.17, 15) is 29.1 Å². The Balaban J connectivity index is 2.27. The van der Waals surface area contributed by atoms with E-state index in [1.165, 1.54) is 14.2 Å². The van der Waals surface area contributed by atoms with Gasteiger partial charge in [0, 0.05) is 34.2 Å². The first-order chi connectivity index (χ1) is 24.9. The highest BCUT2D eigenvalue weighted by Gasteiger charge is 2.43. The molecule has 0 spiro atoms. The number of carbonyl (C=O) groups excluding carboxylic acids is 4. The SMILES string of the molecule is CCC(C)[C@@H]([C@@H](CC(=O)N1CCC[C@H]1[C@H](OC)[C@@H](C)C(=O)NC(Cc1ccccc1)C(=O)O)OC)N(C)C(=O)[C@@H](NC(=O)[C@H](C(C)C)N(C)C)C(C)C.